The lowest BCUT2D eigenvalue weighted by molar-refractivity contribution is 0.833. The van der Waals surface area contributed by atoms with Crippen LogP contribution in [0.25, 0.3) is 10.9 Å². The first kappa shape index (κ1) is 13.4. The molecule has 4 heteroatoms. The maximum Gasteiger partial charge on any atom is 0.0951 e. The second-order valence-electron chi connectivity index (χ2n) is 4.94. The van der Waals surface area contributed by atoms with Crippen LogP contribution in [0.1, 0.15) is 12.5 Å². The maximum absolute atomic E-state index is 6.03. The largest absolute Gasteiger partial charge is 0.397 e. The van der Waals surface area contributed by atoms with Crippen LogP contribution in [0.15, 0.2) is 55.0 Å². The van der Waals surface area contributed by atoms with Crippen LogP contribution in [0, 0.1) is 0 Å². The maximum atomic E-state index is 6.03. The summed E-state index contributed by atoms with van der Waals surface area (Å²) in [7, 11) is 0. The van der Waals surface area contributed by atoms with Gasteiger partial charge in [0, 0.05) is 42.8 Å². The van der Waals surface area contributed by atoms with Crippen molar-refractivity contribution in [2.75, 3.05) is 17.2 Å². The van der Waals surface area contributed by atoms with E-state index in [1.807, 2.05) is 48.9 Å². The number of benzene rings is 1. The Morgan fingerprint density at radius 2 is 1.86 bits per heavy atom. The zero-order valence-corrected chi connectivity index (χ0v) is 12.0. The number of para-hydroxylation sites is 1. The number of nitrogens with zero attached hydrogens (tertiary/aromatic N) is 3. The van der Waals surface area contributed by atoms with Crippen molar-refractivity contribution in [3.05, 3.63) is 60.6 Å². The molecular formula is C17H18N4. The molecule has 1 aromatic carbocycles. The fourth-order valence-corrected chi connectivity index (χ4v) is 2.54. The smallest absolute Gasteiger partial charge is 0.0951 e. The van der Waals surface area contributed by atoms with E-state index in [1.54, 1.807) is 0 Å². The van der Waals surface area contributed by atoms with E-state index in [4.69, 9.17) is 5.73 Å². The van der Waals surface area contributed by atoms with Gasteiger partial charge in [-0.2, -0.15) is 0 Å². The fourth-order valence-electron chi connectivity index (χ4n) is 2.54. The molecule has 0 fully saturated rings. The number of hydrogen-bond donors (Lipinski definition) is 1. The summed E-state index contributed by atoms with van der Waals surface area (Å²) in [6.45, 7) is 3.91. The van der Waals surface area contributed by atoms with Gasteiger partial charge in [-0.1, -0.05) is 12.1 Å². The number of anilines is 2. The first-order chi connectivity index (χ1) is 10.3. The van der Waals surface area contributed by atoms with Gasteiger partial charge in [-0.15, -0.1) is 0 Å². The molecule has 0 radical (unpaired) electrons. The molecule has 0 spiro atoms. The Hall–Kier alpha value is -2.62. The Kier molecular flexibility index (Phi) is 3.69. The topological polar surface area (TPSA) is 55.0 Å². The van der Waals surface area contributed by atoms with Crippen LogP contribution in [0.2, 0.25) is 0 Å². The first-order valence-corrected chi connectivity index (χ1v) is 7.06. The van der Waals surface area contributed by atoms with Crippen LogP contribution in [0.3, 0.4) is 0 Å². The highest BCUT2D eigenvalue weighted by atomic mass is 15.1. The predicted octanol–water partition coefficient (Wildman–Crippen LogP) is 3.24. The zero-order valence-electron chi connectivity index (χ0n) is 12.0. The fraction of sp³-hybridized carbons (Fsp3) is 0.176. The normalized spacial score (nSPS) is 10.7. The molecule has 0 aliphatic rings. The summed E-state index contributed by atoms with van der Waals surface area (Å²) >= 11 is 0. The summed E-state index contributed by atoms with van der Waals surface area (Å²) in [4.78, 5) is 10.8. The van der Waals surface area contributed by atoms with E-state index in [0.29, 0.717) is 5.69 Å². The van der Waals surface area contributed by atoms with Gasteiger partial charge in [-0.3, -0.25) is 9.97 Å². The highest BCUT2D eigenvalue weighted by Gasteiger charge is 2.10. The van der Waals surface area contributed by atoms with Gasteiger partial charge in [0.1, 0.15) is 0 Å². The molecule has 3 aromatic rings. The third-order valence-electron chi connectivity index (χ3n) is 3.62. The highest BCUT2D eigenvalue weighted by Crippen LogP contribution is 2.29. The minimum absolute atomic E-state index is 0.717. The lowest BCUT2D eigenvalue weighted by atomic mass is 10.1. The number of hydrogen-bond acceptors (Lipinski definition) is 4. The van der Waals surface area contributed by atoms with E-state index in [1.165, 1.54) is 5.56 Å². The molecule has 0 bridgehead atoms. The number of nitrogens with two attached hydrogens (primary N) is 1. The van der Waals surface area contributed by atoms with Gasteiger partial charge >= 0.3 is 0 Å². The SMILES string of the molecule is CCN(Cc1ccncc1)c1ccnc2c(N)cccc12. The third-order valence-corrected chi connectivity index (χ3v) is 3.62. The van der Waals surface area contributed by atoms with Crippen molar-refractivity contribution in [1.29, 1.82) is 0 Å². The van der Waals surface area contributed by atoms with E-state index in [2.05, 4.69) is 27.9 Å². The minimum atomic E-state index is 0.717. The summed E-state index contributed by atoms with van der Waals surface area (Å²) in [5.41, 5.74) is 10.0. The van der Waals surface area contributed by atoms with Gasteiger partial charge in [0.15, 0.2) is 0 Å². The minimum Gasteiger partial charge on any atom is -0.397 e. The molecule has 3 rings (SSSR count). The second-order valence-corrected chi connectivity index (χ2v) is 4.94. The van der Waals surface area contributed by atoms with Gasteiger partial charge in [0.25, 0.3) is 0 Å². The van der Waals surface area contributed by atoms with Crippen molar-refractivity contribution in [3.63, 3.8) is 0 Å². The van der Waals surface area contributed by atoms with Gasteiger partial charge in [-0.25, -0.2) is 0 Å². The molecule has 0 saturated carbocycles. The van der Waals surface area contributed by atoms with E-state index in [0.717, 1.165) is 29.7 Å². The van der Waals surface area contributed by atoms with Crippen molar-refractivity contribution in [1.82, 2.24) is 9.97 Å². The van der Waals surface area contributed by atoms with Gasteiger partial charge < -0.3 is 10.6 Å². The van der Waals surface area contributed by atoms with Crippen LogP contribution < -0.4 is 10.6 Å². The summed E-state index contributed by atoms with van der Waals surface area (Å²) in [6.07, 6.45) is 5.47. The van der Waals surface area contributed by atoms with Crippen LogP contribution in [0.5, 0.6) is 0 Å². The lowest BCUT2D eigenvalue weighted by Gasteiger charge is -2.24. The van der Waals surface area contributed by atoms with Gasteiger partial charge in [0.05, 0.1) is 11.2 Å². The number of aromatic nitrogens is 2. The third kappa shape index (κ3) is 2.65. The molecule has 0 atom stereocenters. The van der Waals surface area contributed by atoms with E-state index in [-0.39, 0.29) is 0 Å². The van der Waals surface area contributed by atoms with Crippen LogP contribution in [-0.4, -0.2) is 16.5 Å². The molecule has 21 heavy (non-hydrogen) atoms. The molecule has 0 aliphatic heterocycles. The monoisotopic (exact) mass is 278 g/mol. The van der Waals surface area contributed by atoms with Crippen molar-refractivity contribution in [3.8, 4) is 0 Å². The Bertz CT molecular complexity index is 740. The average Bonchev–Trinajstić information content (AvgIpc) is 2.54. The molecule has 106 valence electrons. The molecule has 2 heterocycles. The average molecular weight is 278 g/mol. The molecule has 0 saturated heterocycles. The molecule has 4 nitrogen and oxygen atoms in total. The van der Waals surface area contributed by atoms with E-state index < -0.39 is 0 Å². The number of rotatable bonds is 4. The highest BCUT2D eigenvalue weighted by molar-refractivity contribution is 5.97. The number of fused-ring (bicyclic) bond motifs is 1. The quantitative estimate of drug-likeness (QED) is 0.744. The van der Waals surface area contributed by atoms with E-state index in [9.17, 15) is 0 Å². The Labute approximate surface area is 124 Å². The first-order valence-electron chi connectivity index (χ1n) is 7.06. The Balaban J connectivity index is 2.03. The Morgan fingerprint density at radius 3 is 2.62 bits per heavy atom. The van der Waals surface area contributed by atoms with Crippen molar-refractivity contribution in [2.24, 2.45) is 0 Å². The predicted molar refractivity (Wildman–Crippen MR) is 87.1 cm³/mol. The standard InChI is InChI=1S/C17H18N4/c1-2-21(12-13-6-9-19-10-7-13)16-8-11-20-17-14(16)4-3-5-15(17)18/h3-11H,2,12,18H2,1H3. The molecule has 2 aromatic heterocycles. The van der Waals surface area contributed by atoms with E-state index >= 15 is 0 Å². The summed E-state index contributed by atoms with van der Waals surface area (Å²) < 4.78 is 0. The van der Waals surface area contributed by atoms with Crippen molar-refractivity contribution >= 4 is 22.3 Å². The number of nitrogen functional groups attached to an aromatic ring is 1. The summed E-state index contributed by atoms with van der Waals surface area (Å²) in [6, 6.07) is 12.1. The van der Waals surface area contributed by atoms with Crippen LogP contribution in [0.4, 0.5) is 11.4 Å². The van der Waals surface area contributed by atoms with Crippen LogP contribution in [-0.2, 0) is 6.54 Å². The Morgan fingerprint density at radius 1 is 1.05 bits per heavy atom. The van der Waals surface area contributed by atoms with Gasteiger partial charge in [0.2, 0.25) is 0 Å². The molecule has 0 unspecified atom stereocenters. The van der Waals surface area contributed by atoms with Crippen LogP contribution >= 0.6 is 0 Å². The zero-order chi connectivity index (χ0) is 14.7. The van der Waals surface area contributed by atoms with Gasteiger partial charge in [-0.05, 0) is 36.8 Å². The molecule has 2 N–H and O–H groups in total. The molecule has 0 amide bonds. The number of pyridine rings is 2. The van der Waals surface area contributed by atoms with Crippen molar-refractivity contribution < 1.29 is 0 Å². The molecular weight excluding hydrogens is 260 g/mol. The lowest BCUT2D eigenvalue weighted by Crippen LogP contribution is -2.22. The van der Waals surface area contributed by atoms with Crippen molar-refractivity contribution in [2.45, 2.75) is 13.5 Å². The second kappa shape index (κ2) is 5.79. The summed E-state index contributed by atoms with van der Waals surface area (Å²) in [5.74, 6) is 0. The molecule has 0 aliphatic carbocycles. The summed E-state index contributed by atoms with van der Waals surface area (Å²) in [5, 5.41) is 1.09.